The number of hydrogen-bond acceptors (Lipinski definition) is 4. The summed E-state index contributed by atoms with van der Waals surface area (Å²) in [5, 5.41) is 0. The number of rotatable bonds is 6. The van der Waals surface area contributed by atoms with Crippen molar-refractivity contribution in [2.75, 3.05) is 25.0 Å². The molecule has 0 radical (unpaired) electrons. The molecule has 1 rings (SSSR count). The second-order valence-corrected chi connectivity index (χ2v) is 6.11. The molecule has 6 heteroatoms. The van der Waals surface area contributed by atoms with Crippen LogP contribution in [0.25, 0.3) is 0 Å². The van der Waals surface area contributed by atoms with Gasteiger partial charge < -0.3 is 10.6 Å². The molecule has 0 aliphatic heterocycles. The lowest BCUT2D eigenvalue weighted by molar-refractivity contribution is 0.586. The van der Waals surface area contributed by atoms with E-state index in [4.69, 9.17) is 5.73 Å². The van der Waals surface area contributed by atoms with Crippen molar-refractivity contribution in [1.82, 2.24) is 4.72 Å². The van der Waals surface area contributed by atoms with Crippen molar-refractivity contribution in [2.24, 2.45) is 5.73 Å². The van der Waals surface area contributed by atoms with Crippen LogP contribution >= 0.6 is 0 Å². The molecule has 0 amide bonds. The molecule has 0 bridgehead atoms. The first-order valence-corrected chi connectivity index (χ1v) is 7.41. The molecule has 3 N–H and O–H groups in total. The molecule has 5 nitrogen and oxygen atoms in total. The highest BCUT2D eigenvalue weighted by atomic mass is 32.2. The number of para-hydroxylation sites is 1. The summed E-state index contributed by atoms with van der Waals surface area (Å²) in [4.78, 5) is 2.28. The van der Waals surface area contributed by atoms with E-state index in [-0.39, 0.29) is 10.9 Å². The van der Waals surface area contributed by atoms with Crippen molar-refractivity contribution >= 4 is 15.7 Å². The van der Waals surface area contributed by atoms with Crippen LogP contribution in [0.2, 0.25) is 0 Å². The van der Waals surface area contributed by atoms with Crippen LogP contribution in [0.15, 0.2) is 29.2 Å². The summed E-state index contributed by atoms with van der Waals surface area (Å²) in [6, 6.07) is 7.14. The predicted molar refractivity (Wildman–Crippen MR) is 74.2 cm³/mol. The second-order valence-electron chi connectivity index (χ2n) is 4.25. The van der Waals surface area contributed by atoms with Gasteiger partial charge in [0, 0.05) is 19.1 Å². The molecule has 1 aromatic carbocycles. The number of nitrogens with one attached hydrogen (secondary N) is 1. The number of anilines is 1. The summed E-state index contributed by atoms with van der Waals surface area (Å²) in [7, 11) is -2.05. The van der Waals surface area contributed by atoms with Crippen LogP contribution in [0.4, 0.5) is 5.69 Å². The van der Waals surface area contributed by atoms with Crippen LogP contribution in [-0.2, 0) is 10.0 Å². The summed E-state index contributed by atoms with van der Waals surface area (Å²) >= 11 is 0. The third-order valence-corrected chi connectivity index (χ3v) is 4.19. The number of sulfonamides is 1. The Labute approximate surface area is 109 Å². The Morgan fingerprint density at radius 2 is 1.94 bits per heavy atom. The molecule has 0 heterocycles. The molecular weight excluding hydrogens is 250 g/mol. The fraction of sp³-hybridized carbons (Fsp3) is 0.500. The Kier molecular flexibility index (Phi) is 5.13. The molecule has 0 aliphatic rings. The van der Waals surface area contributed by atoms with Crippen LogP contribution < -0.4 is 15.4 Å². The van der Waals surface area contributed by atoms with Gasteiger partial charge in [-0.1, -0.05) is 12.1 Å². The van der Waals surface area contributed by atoms with E-state index < -0.39 is 10.0 Å². The van der Waals surface area contributed by atoms with Crippen LogP contribution in [0.1, 0.15) is 13.8 Å². The van der Waals surface area contributed by atoms with Gasteiger partial charge in [0.15, 0.2) is 0 Å². The molecule has 102 valence electrons. The van der Waals surface area contributed by atoms with E-state index in [0.717, 1.165) is 0 Å². The Hall–Kier alpha value is -1.11. The fourth-order valence-electron chi connectivity index (χ4n) is 1.83. The van der Waals surface area contributed by atoms with E-state index in [1.165, 1.54) is 7.05 Å². The maximum atomic E-state index is 12.0. The van der Waals surface area contributed by atoms with Crippen LogP contribution in [0.3, 0.4) is 0 Å². The van der Waals surface area contributed by atoms with E-state index in [0.29, 0.717) is 18.8 Å². The summed E-state index contributed by atoms with van der Waals surface area (Å²) in [6.45, 7) is 5.12. The molecule has 0 aliphatic carbocycles. The quantitative estimate of drug-likeness (QED) is 0.801. The van der Waals surface area contributed by atoms with Gasteiger partial charge in [-0.2, -0.15) is 0 Å². The Morgan fingerprint density at radius 3 is 2.44 bits per heavy atom. The van der Waals surface area contributed by atoms with Crippen molar-refractivity contribution in [3.05, 3.63) is 24.3 Å². The maximum Gasteiger partial charge on any atom is 0.242 e. The highest BCUT2D eigenvalue weighted by molar-refractivity contribution is 7.89. The maximum absolute atomic E-state index is 12.0. The first-order chi connectivity index (χ1) is 8.44. The summed E-state index contributed by atoms with van der Waals surface area (Å²) in [5.41, 5.74) is 6.28. The van der Waals surface area contributed by atoms with E-state index in [1.54, 1.807) is 18.2 Å². The largest absolute Gasteiger partial charge is 0.367 e. The van der Waals surface area contributed by atoms with Gasteiger partial charge in [0.2, 0.25) is 10.0 Å². The highest BCUT2D eigenvalue weighted by Crippen LogP contribution is 2.26. The van der Waals surface area contributed by atoms with Crippen molar-refractivity contribution in [2.45, 2.75) is 24.8 Å². The number of nitrogens with zero attached hydrogens (tertiary/aromatic N) is 1. The molecule has 0 saturated carbocycles. The third-order valence-electron chi connectivity index (χ3n) is 2.73. The molecular formula is C12H21N3O2S. The monoisotopic (exact) mass is 271 g/mol. The van der Waals surface area contributed by atoms with Gasteiger partial charge in [-0.25, -0.2) is 13.1 Å². The van der Waals surface area contributed by atoms with Gasteiger partial charge >= 0.3 is 0 Å². The Morgan fingerprint density at radius 1 is 1.33 bits per heavy atom. The molecule has 0 unspecified atom stereocenters. The fourth-order valence-corrected chi connectivity index (χ4v) is 2.77. The van der Waals surface area contributed by atoms with Crippen molar-refractivity contribution < 1.29 is 8.42 Å². The predicted octanol–water partition coefficient (Wildman–Crippen LogP) is 0.768. The molecule has 1 aromatic rings. The Bertz CT molecular complexity index is 486. The molecule has 0 fully saturated rings. The SMILES string of the molecule is CNS(=O)(=O)c1ccccc1N(CCN)C(C)C. The topological polar surface area (TPSA) is 75.4 Å². The van der Waals surface area contributed by atoms with Crippen molar-refractivity contribution in [3.63, 3.8) is 0 Å². The lowest BCUT2D eigenvalue weighted by Gasteiger charge is -2.30. The summed E-state index contributed by atoms with van der Waals surface area (Å²) in [5.74, 6) is 0. The molecule has 0 saturated heterocycles. The molecule has 18 heavy (non-hydrogen) atoms. The highest BCUT2D eigenvalue weighted by Gasteiger charge is 2.21. The standard InChI is InChI=1S/C12H21N3O2S/c1-10(2)15(9-8-13)11-6-4-5-7-12(11)18(16,17)14-3/h4-7,10,14H,8-9,13H2,1-3H3. The van der Waals surface area contributed by atoms with E-state index in [2.05, 4.69) is 4.72 Å². The van der Waals surface area contributed by atoms with Gasteiger partial charge in [-0.3, -0.25) is 0 Å². The average Bonchev–Trinajstić information content (AvgIpc) is 2.35. The first kappa shape index (κ1) is 14.9. The van der Waals surface area contributed by atoms with Crippen molar-refractivity contribution in [1.29, 1.82) is 0 Å². The zero-order valence-corrected chi connectivity index (χ0v) is 11.9. The van der Waals surface area contributed by atoms with E-state index >= 15 is 0 Å². The molecule has 0 spiro atoms. The lowest BCUT2D eigenvalue weighted by Crippen LogP contribution is -2.36. The van der Waals surface area contributed by atoms with Gasteiger partial charge in [-0.05, 0) is 33.0 Å². The molecule has 0 aromatic heterocycles. The molecule has 0 atom stereocenters. The van der Waals surface area contributed by atoms with Gasteiger partial charge in [0.25, 0.3) is 0 Å². The Balaban J connectivity index is 3.31. The van der Waals surface area contributed by atoms with Gasteiger partial charge in [-0.15, -0.1) is 0 Å². The average molecular weight is 271 g/mol. The second kappa shape index (κ2) is 6.17. The normalized spacial score (nSPS) is 11.8. The van der Waals surface area contributed by atoms with E-state index in [9.17, 15) is 8.42 Å². The summed E-state index contributed by atoms with van der Waals surface area (Å²) in [6.07, 6.45) is 0. The third kappa shape index (κ3) is 3.22. The first-order valence-electron chi connectivity index (χ1n) is 5.93. The zero-order chi connectivity index (χ0) is 13.8. The number of nitrogens with two attached hydrogens (primary N) is 1. The van der Waals surface area contributed by atoms with Crippen LogP contribution in [-0.4, -0.2) is 34.6 Å². The van der Waals surface area contributed by atoms with Gasteiger partial charge in [0.1, 0.15) is 4.90 Å². The van der Waals surface area contributed by atoms with E-state index in [1.807, 2.05) is 24.8 Å². The van der Waals surface area contributed by atoms with Crippen molar-refractivity contribution in [3.8, 4) is 0 Å². The zero-order valence-electron chi connectivity index (χ0n) is 11.1. The minimum atomic E-state index is -3.46. The smallest absolute Gasteiger partial charge is 0.242 e. The van der Waals surface area contributed by atoms with Crippen LogP contribution in [0, 0.1) is 0 Å². The lowest BCUT2D eigenvalue weighted by atomic mass is 10.2. The number of benzene rings is 1. The summed E-state index contributed by atoms with van der Waals surface area (Å²) < 4.78 is 26.3. The minimum absolute atomic E-state index is 0.182. The minimum Gasteiger partial charge on any atom is -0.367 e. The van der Waals surface area contributed by atoms with Crippen LogP contribution in [0.5, 0.6) is 0 Å². The number of hydrogen-bond donors (Lipinski definition) is 2. The van der Waals surface area contributed by atoms with Gasteiger partial charge in [0.05, 0.1) is 5.69 Å².